The molecule has 0 aromatic heterocycles. The van der Waals surface area contributed by atoms with E-state index in [0.29, 0.717) is 29.0 Å². The Labute approximate surface area is 437 Å². The molecule has 0 heterocycles. The van der Waals surface area contributed by atoms with Crippen LogP contribution in [0.15, 0.2) is 198 Å². The summed E-state index contributed by atoms with van der Waals surface area (Å²) >= 11 is 3.45. The number of ketones is 1. The molecule has 0 atom stereocenters. The van der Waals surface area contributed by atoms with Gasteiger partial charge in [-0.2, -0.15) is 0 Å². The van der Waals surface area contributed by atoms with E-state index in [9.17, 15) is 31.9 Å². The lowest BCUT2D eigenvalue weighted by Crippen LogP contribution is -2.16. The number of halogens is 5. The van der Waals surface area contributed by atoms with Crippen molar-refractivity contribution in [2.45, 2.75) is 52.4 Å². The SMILES string of the molecule is Brc1ccc(N=C(c2ccccc2)c2ccccc2)cc1.C.Nc1ccc(C2=CCCCc3cc(NC(=O)c4c(F)cccc4F)ccc32)cc1.O=C1CCCCc2cc(NC(=O)c3c(F)cccc3F)ccc21. The van der Waals surface area contributed by atoms with Crippen molar-refractivity contribution in [3.05, 3.63) is 266 Å². The summed E-state index contributed by atoms with van der Waals surface area (Å²) in [7, 11) is 0. The maximum atomic E-state index is 13.9. The molecular weight excluding hydrogens is 1000 g/mol. The molecule has 8 aromatic rings. The number of aryl methyl sites for hydroxylation is 2. The van der Waals surface area contributed by atoms with E-state index in [4.69, 9.17) is 10.7 Å². The van der Waals surface area contributed by atoms with Crippen LogP contribution >= 0.6 is 15.9 Å². The first-order valence-electron chi connectivity index (χ1n) is 23.7. The van der Waals surface area contributed by atoms with E-state index in [-0.39, 0.29) is 13.2 Å². The Hall–Kier alpha value is -8.22. The van der Waals surface area contributed by atoms with Crippen LogP contribution < -0.4 is 16.4 Å². The number of benzene rings is 8. The summed E-state index contributed by atoms with van der Waals surface area (Å²) < 4.78 is 56.1. The smallest absolute Gasteiger partial charge is 0.261 e. The van der Waals surface area contributed by atoms with Crippen LogP contribution in [0, 0.1) is 23.3 Å². The van der Waals surface area contributed by atoms with Gasteiger partial charge in [-0.15, -0.1) is 0 Å². The Balaban J connectivity index is 0.000000164. The van der Waals surface area contributed by atoms with Gasteiger partial charge in [-0.1, -0.05) is 120 Å². The van der Waals surface area contributed by atoms with Gasteiger partial charge < -0.3 is 16.4 Å². The van der Waals surface area contributed by atoms with Gasteiger partial charge in [-0.05, 0) is 157 Å². The molecule has 74 heavy (non-hydrogen) atoms. The number of Topliss-reactive ketones (excluding diaryl/α,β-unsaturated/α-hetero) is 1. The molecule has 0 fully saturated rings. The molecule has 12 heteroatoms. The number of carbonyl (C=O) groups is 3. The van der Waals surface area contributed by atoms with Crippen molar-refractivity contribution in [2.24, 2.45) is 4.99 Å². The third-order valence-electron chi connectivity index (χ3n) is 12.2. The fourth-order valence-corrected chi connectivity index (χ4v) is 8.83. The summed E-state index contributed by atoms with van der Waals surface area (Å²) in [6.45, 7) is 0. The Morgan fingerprint density at radius 3 is 1.53 bits per heavy atom. The third-order valence-corrected chi connectivity index (χ3v) is 12.7. The quantitative estimate of drug-likeness (QED) is 0.0609. The number of nitrogens with zero attached hydrogens (tertiary/aromatic N) is 1. The van der Waals surface area contributed by atoms with Gasteiger partial charge in [0, 0.05) is 44.6 Å². The van der Waals surface area contributed by atoms with Gasteiger partial charge in [0.25, 0.3) is 11.8 Å². The van der Waals surface area contributed by atoms with E-state index in [2.05, 4.69) is 56.9 Å². The summed E-state index contributed by atoms with van der Waals surface area (Å²) in [5.74, 6) is -5.14. The van der Waals surface area contributed by atoms with Crippen LogP contribution in [-0.2, 0) is 12.8 Å². The van der Waals surface area contributed by atoms with Gasteiger partial charge in [0.2, 0.25) is 0 Å². The molecule has 0 saturated carbocycles. The standard InChI is InChI=1S/C24H20F2N2O.C19H14BrN.C18H15F2NO2.CH4/c25-21-6-3-7-22(26)23(21)24(29)28-18-12-13-20-16(14-18)4-1-2-5-19(20)15-8-10-17(27)11-9-15;20-17-11-13-18(14-12-17)21-19(15-7-3-1-4-8-15)16-9-5-2-6-10-16;19-14-5-3-6-15(20)17(14)18(23)21-12-8-9-13-11(10-12)4-1-2-7-16(13)22;/h3,5-14H,1-2,4,27H2,(H,28,29);1-14H;3,5-6,8-10H,1-2,4,7H2,(H,21,23);1H4. The molecule has 0 unspecified atom stereocenters. The molecule has 2 aliphatic carbocycles. The van der Waals surface area contributed by atoms with Crippen LogP contribution in [0.3, 0.4) is 0 Å². The number of fused-ring (bicyclic) bond motifs is 2. The van der Waals surface area contributed by atoms with E-state index in [1.54, 1.807) is 24.3 Å². The van der Waals surface area contributed by atoms with Crippen LogP contribution in [0.4, 0.5) is 40.3 Å². The molecule has 0 saturated heterocycles. The highest BCUT2D eigenvalue weighted by atomic mass is 79.9. The predicted molar refractivity (Wildman–Crippen MR) is 293 cm³/mol. The van der Waals surface area contributed by atoms with Gasteiger partial charge in [0.1, 0.15) is 34.4 Å². The van der Waals surface area contributed by atoms with E-state index in [1.807, 2.05) is 97.1 Å². The highest BCUT2D eigenvalue weighted by Gasteiger charge is 2.21. The molecule has 4 N–H and O–H groups in total. The van der Waals surface area contributed by atoms with Gasteiger partial charge in [-0.25, -0.2) is 22.6 Å². The normalized spacial score (nSPS) is 12.4. The molecule has 2 aliphatic rings. The Kier molecular flexibility index (Phi) is 18.4. The first kappa shape index (κ1) is 53.6. The minimum Gasteiger partial charge on any atom is -0.399 e. The van der Waals surface area contributed by atoms with E-state index >= 15 is 0 Å². The number of hydrogen-bond donors (Lipinski definition) is 3. The molecule has 7 nitrogen and oxygen atoms in total. The zero-order valence-corrected chi connectivity index (χ0v) is 41.1. The number of amides is 2. The zero-order valence-electron chi connectivity index (χ0n) is 39.5. The zero-order chi connectivity index (χ0) is 51.3. The molecule has 8 aromatic carbocycles. The Morgan fingerprint density at radius 1 is 0.527 bits per heavy atom. The lowest BCUT2D eigenvalue weighted by Gasteiger charge is -2.14. The lowest BCUT2D eigenvalue weighted by molar-refractivity contribution is 0.0979. The number of nitrogen functional groups attached to an aromatic ring is 1. The molecule has 0 bridgehead atoms. The second-order valence-corrected chi connectivity index (χ2v) is 18.2. The maximum absolute atomic E-state index is 13.9. The van der Waals surface area contributed by atoms with Gasteiger partial charge >= 0.3 is 0 Å². The summed E-state index contributed by atoms with van der Waals surface area (Å²) in [5, 5.41) is 5.11. The molecule has 0 spiro atoms. The molecular formula is C62H53BrF4N4O3. The number of rotatable bonds is 8. The monoisotopic (exact) mass is 1060 g/mol. The highest BCUT2D eigenvalue weighted by Crippen LogP contribution is 2.33. The number of anilines is 3. The number of carbonyl (C=O) groups excluding carboxylic acids is 3. The van der Waals surface area contributed by atoms with Gasteiger partial charge in [-0.3, -0.25) is 14.4 Å². The van der Waals surface area contributed by atoms with Crippen LogP contribution in [0.5, 0.6) is 0 Å². The van der Waals surface area contributed by atoms with Crippen molar-refractivity contribution in [3.8, 4) is 0 Å². The molecule has 374 valence electrons. The first-order valence-corrected chi connectivity index (χ1v) is 24.5. The number of aliphatic imine (C=N–C) groups is 1. The molecule has 10 rings (SSSR count). The fraction of sp³-hybridized carbons (Fsp3) is 0.129. The number of hydrogen-bond acceptors (Lipinski definition) is 5. The average Bonchev–Trinajstić information content (AvgIpc) is 3.72. The molecule has 0 radical (unpaired) electrons. The van der Waals surface area contributed by atoms with Crippen molar-refractivity contribution in [2.75, 3.05) is 16.4 Å². The Morgan fingerprint density at radius 2 is 1.00 bits per heavy atom. The van der Waals surface area contributed by atoms with Crippen LogP contribution in [0.2, 0.25) is 0 Å². The number of allylic oxidation sites excluding steroid dienone is 1. The van der Waals surface area contributed by atoms with Crippen LogP contribution in [0.25, 0.3) is 5.57 Å². The Bertz CT molecular complexity index is 3250. The predicted octanol–water partition coefficient (Wildman–Crippen LogP) is 15.9. The van der Waals surface area contributed by atoms with E-state index < -0.39 is 46.2 Å². The minimum absolute atomic E-state index is 0. The maximum Gasteiger partial charge on any atom is 0.261 e. The van der Waals surface area contributed by atoms with Crippen molar-refractivity contribution in [3.63, 3.8) is 0 Å². The van der Waals surface area contributed by atoms with Crippen molar-refractivity contribution in [1.82, 2.24) is 0 Å². The number of nitrogens with one attached hydrogen (secondary N) is 2. The number of nitrogens with two attached hydrogens (primary N) is 1. The van der Waals surface area contributed by atoms with E-state index in [0.717, 1.165) is 118 Å². The molecule has 2 amide bonds. The summed E-state index contributed by atoms with van der Waals surface area (Å²) in [5.41, 5.74) is 16.3. The van der Waals surface area contributed by atoms with Crippen molar-refractivity contribution >= 4 is 67.6 Å². The second-order valence-electron chi connectivity index (χ2n) is 17.3. The summed E-state index contributed by atoms with van der Waals surface area (Å²) in [6, 6.07) is 53.5. The highest BCUT2D eigenvalue weighted by molar-refractivity contribution is 9.10. The average molecular weight is 1060 g/mol. The third kappa shape index (κ3) is 13.6. The fourth-order valence-electron chi connectivity index (χ4n) is 8.56. The summed E-state index contributed by atoms with van der Waals surface area (Å²) in [4.78, 5) is 41.3. The van der Waals surface area contributed by atoms with Crippen LogP contribution in [0.1, 0.15) is 104 Å². The first-order chi connectivity index (χ1) is 35.4. The van der Waals surface area contributed by atoms with Gasteiger partial charge in [0.05, 0.1) is 11.4 Å². The van der Waals surface area contributed by atoms with Gasteiger partial charge in [0.15, 0.2) is 5.78 Å². The topological polar surface area (TPSA) is 114 Å². The minimum atomic E-state index is -0.910. The summed E-state index contributed by atoms with van der Waals surface area (Å²) in [6.07, 6.45) is 8.00. The lowest BCUT2D eigenvalue weighted by atomic mass is 9.93. The van der Waals surface area contributed by atoms with Crippen molar-refractivity contribution < 1.29 is 31.9 Å². The second kappa shape index (κ2) is 25.4. The molecule has 0 aliphatic heterocycles. The van der Waals surface area contributed by atoms with Crippen molar-refractivity contribution in [1.29, 1.82) is 0 Å². The van der Waals surface area contributed by atoms with Crippen LogP contribution in [-0.4, -0.2) is 23.3 Å². The van der Waals surface area contributed by atoms with E-state index in [1.165, 1.54) is 12.1 Å². The largest absolute Gasteiger partial charge is 0.399 e.